The number of aliphatic hydroxyl groups is 1. The highest BCUT2D eigenvalue weighted by molar-refractivity contribution is 5.74. The highest BCUT2D eigenvalue weighted by atomic mass is 16.7. The largest absolute Gasteiger partial charge is 0.438 e. The highest BCUT2D eigenvalue weighted by Gasteiger charge is 2.50. The first-order valence-electron chi connectivity index (χ1n) is 8.21. The van der Waals surface area contributed by atoms with Crippen LogP contribution in [0.1, 0.15) is 39.0 Å². The van der Waals surface area contributed by atoms with Crippen molar-refractivity contribution in [2.24, 2.45) is 29.1 Å². The summed E-state index contributed by atoms with van der Waals surface area (Å²) in [6, 6.07) is 0. The standard InChI is InChI=1S/C17H24O4/c1-17-5-4-10(8-17)6-14(17)20-9-21-16(19)13-7-11-2-3-12(13)15(11)18/h2-3,10-15,18H,4-9H2,1H3. The quantitative estimate of drug-likeness (QED) is 0.490. The molecule has 0 aromatic carbocycles. The topological polar surface area (TPSA) is 55.8 Å². The van der Waals surface area contributed by atoms with E-state index in [1.807, 2.05) is 12.2 Å². The Kier molecular flexibility index (Phi) is 3.16. The molecule has 0 aromatic heterocycles. The molecule has 0 saturated heterocycles. The van der Waals surface area contributed by atoms with Gasteiger partial charge in [-0.05, 0) is 43.4 Å². The summed E-state index contributed by atoms with van der Waals surface area (Å²) >= 11 is 0. The molecule has 4 aliphatic rings. The van der Waals surface area contributed by atoms with Crippen LogP contribution in [0.4, 0.5) is 0 Å². The molecule has 4 heteroatoms. The first-order chi connectivity index (χ1) is 10.1. The minimum Gasteiger partial charge on any atom is -0.438 e. The Morgan fingerprint density at radius 1 is 1.38 bits per heavy atom. The Labute approximate surface area is 125 Å². The van der Waals surface area contributed by atoms with E-state index < -0.39 is 6.10 Å². The number of aliphatic hydroxyl groups excluding tert-OH is 1. The van der Waals surface area contributed by atoms with E-state index in [1.54, 1.807) is 0 Å². The molecule has 4 bridgehead atoms. The number of hydrogen-bond donors (Lipinski definition) is 1. The second kappa shape index (κ2) is 4.82. The Hall–Kier alpha value is -0.870. The summed E-state index contributed by atoms with van der Waals surface area (Å²) < 4.78 is 11.2. The SMILES string of the molecule is CC12CCC(CC1OCOC(=O)C1CC3C=CC1C3O)C2. The van der Waals surface area contributed by atoms with E-state index in [0.717, 1.165) is 12.3 Å². The van der Waals surface area contributed by atoms with E-state index in [1.165, 1.54) is 19.3 Å². The molecule has 4 rings (SSSR count). The van der Waals surface area contributed by atoms with E-state index in [0.29, 0.717) is 11.8 Å². The summed E-state index contributed by atoms with van der Waals surface area (Å²) in [6.45, 7) is 2.36. The smallest absolute Gasteiger partial charge is 0.311 e. The first kappa shape index (κ1) is 13.8. The van der Waals surface area contributed by atoms with Crippen LogP contribution in [0.3, 0.4) is 0 Å². The monoisotopic (exact) mass is 292 g/mol. The van der Waals surface area contributed by atoms with Gasteiger partial charge < -0.3 is 14.6 Å². The summed E-state index contributed by atoms with van der Waals surface area (Å²) in [5.74, 6) is 0.496. The zero-order chi connectivity index (χ0) is 14.6. The molecule has 3 fully saturated rings. The molecule has 21 heavy (non-hydrogen) atoms. The van der Waals surface area contributed by atoms with Crippen molar-refractivity contribution in [3.8, 4) is 0 Å². The molecule has 3 saturated carbocycles. The van der Waals surface area contributed by atoms with Crippen LogP contribution in [0.5, 0.6) is 0 Å². The zero-order valence-corrected chi connectivity index (χ0v) is 12.5. The fourth-order valence-corrected chi connectivity index (χ4v) is 5.11. The fraction of sp³-hybridized carbons (Fsp3) is 0.824. The second-order valence-electron chi connectivity index (χ2n) is 7.69. The van der Waals surface area contributed by atoms with Gasteiger partial charge in [-0.3, -0.25) is 4.79 Å². The molecule has 0 spiro atoms. The van der Waals surface area contributed by atoms with Crippen LogP contribution in [0.25, 0.3) is 0 Å². The number of hydrogen-bond acceptors (Lipinski definition) is 4. The number of rotatable bonds is 4. The molecule has 1 N–H and O–H groups in total. The molecule has 0 heterocycles. The fourth-order valence-electron chi connectivity index (χ4n) is 5.11. The number of ether oxygens (including phenoxy) is 2. The van der Waals surface area contributed by atoms with Crippen molar-refractivity contribution in [3.05, 3.63) is 12.2 Å². The molecular weight excluding hydrogens is 268 g/mol. The van der Waals surface area contributed by atoms with Crippen molar-refractivity contribution in [3.63, 3.8) is 0 Å². The predicted octanol–water partition coefficient (Wildman–Crippen LogP) is 2.27. The summed E-state index contributed by atoms with van der Waals surface area (Å²) in [6.07, 6.45) is 9.48. The maximum Gasteiger partial charge on any atom is 0.311 e. The molecule has 0 aliphatic heterocycles. The van der Waals surface area contributed by atoms with Crippen LogP contribution in [-0.2, 0) is 14.3 Å². The minimum absolute atomic E-state index is 0.0532. The number of carbonyl (C=O) groups excluding carboxylic acids is 1. The third kappa shape index (κ3) is 2.15. The number of carbonyl (C=O) groups is 1. The molecule has 4 nitrogen and oxygen atoms in total. The van der Waals surface area contributed by atoms with Crippen LogP contribution >= 0.6 is 0 Å². The van der Waals surface area contributed by atoms with Crippen LogP contribution in [0.2, 0.25) is 0 Å². The van der Waals surface area contributed by atoms with Crippen molar-refractivity contribution in [1.29, 1.82) is 0 Å². The van der Waals surface area contributed by atoms with E-state index in [4.69, 9.17) is 9.47 Å². The normalized spacial score (nSPS) is 50.0. The lowest BCUT2D eigenvalue weighted by Gasteiger charge is -2.31. The number of esters is 1. The lowest BCUT2D eigenvalue weighted by molar-refractivity contribution is -0.172. The van der Waals surface area contributed by atoms with Gasteiger partial charge in [0, 0.05) is 11.8 Å². The molecule has 116 valence electrons. The molecule has 7 atom stereocenters. The number of fused-ring (bicyclic) bond motifs is 4. The van der Waals surface area contributed by atoms with Gasteiger partial charge in [-0.15, -0.1) is 0 Å². The Morgan fingerprint density at radius 3 is 2.81 bits per heavy atom. The molecule has 7 unspecified atom stereocenters. The highest BCUT2D eigenvalue weighted by Crippen LogP contribution is 2.55. The van der Waals surface area contributed by atoms with Gasteiger partial charge >= 0.3 is 5.97 Å². The maximum absolute atomic E-state index is 12.1. The van der Waals surface area contributed by atoms with Gasteiger partial charge in [0.1, 0.15) is 0 Å². The Bertz CT molecular complexity index is 473. The van der Waals surface area contributed by atoms with Gasteiger partial charge in [0.2, 0.25) is 0 Å². The van der Waals surface area contributed by atoms with Crippen molar-refractivity contribution < 1.29 is 19.4 Å². The van der Waals surface area contributed by atoms with Gasteiger partial charge in [0.15, 0.2) is 6.79 Å². The van der Waals surface area contributed by atoms with Gasteiger partial charge in [-0.2, -0.15) is 0 Å². The summed E-state index contributed by atoms with van der Waals surface area (Å²) in [7, 11) is 0. The van der Waals surface area contributed by atoms with E-state index in [2.05, 4.69) is 6.92 Å². The average Bonchev–Trinajstić information content (AvgIpc) is 3.18. The van der Waals surface area contributed by atoms with Gasteiger partial charge in [-0.25, -0.2) is 0 Å². The summed E-state index contributed by atoms with van der Waals surface area (Å²) in [5, 5.41) is 9.95. The van der Waals surface area contributed by atoms with Crippen LogP contribution in [-0.4, -0.2) is 30.1 Å². The maximum atomic E-state index is 12.1. The lowest BCUT2D eigenvalue weighted by Crippen LogP contribution is -2.32. The molecule has 0 radical (unpaired) electrons. The van der Waals surface area contributed by atoms with Gasteiger partial charge in [-0.1, -0.05) is 19.1 Å². The van der Waals surface area contributed by atoms with Gasteiger partial charge in [0.25, 0.3) is 0 Å². The van der Waals surface area contributed by atoms with Crippen molar-refractivity contribution in [2.45, 2.75) is 51.2 Å². The third-order valence-electron chi connectivity index (χ3n) is 6.38. The lowest BCUT2D eigenvalue weighted by atomic mass is 9.84. The van der Waals surface area contributed by atoms with Gasteiger partial charge in [0.05, 0.1) is 18.1 Å². The first-order valence-corrected chi connectivity index (χ1v) is 8.21. The van der Waals surface area contributed by atoms with Crippen molar-refractivity contribution in [2.75, 3.05) is 6.79 Å². The second-order valence-corrected chi connectivity index (χ2v) is 7.69. The van der Waals surface area contributed by atoms with E-state index in [-0.39, 0.29) is 36.6 Å². The van der Waals surface area contributed by atoms with Crippen LogP contribution < -0.4 is 0 Å². The predicted molar refractivity (Wildman–Crippen MR) is 76.1 cm³/mol. The van der Waals surface area contributed by atoms with E-state index >= 15 is 0 Å². The average molecular weight is 292 g/mol. The zero-order valence-electron chi connectivity index (χ0n) is 12.5. The molecular formula is C17H24O4. The van der Waals surface area contributed by atoms with Crippen molar-refractivity contribution >= 4 is 5.97 Å². The molecule has 0 aromatic rings. The minimum atomic E-state index is -0.395. The van der Waals surface area contributed by atoms with Crippen LogP contribution in [0.15, 0.2) is 12.2 Å². The van der Waals surface area contributed by atoms with Crippen molar-refractivity contribution in [1.82, 2.24) is 0 Å². The molecule has 0 amide bonds. The Balaban J connectivity index is 1.27. The Morgan fingerprint density at radius 2 is 2.24 bits per heavy atom. The summed E-state index contributed by atoms with van der Waals surface area (Å²) in [5.41, 5.74) is 0.294. The van der Waals surface area contributed by atoms with E-state index in [9.17, 15) is 9.90 Å². The molecule has 4 aliphatic carbocycles. The van der Waals surface area contributed by atoms with Crippen LogP contribution in [0, 0.1) is 29.1 Å². The third-order valence-corrected chi connectivity index (χ3v) is 6.38. The summed E-state index contributed by atoms with van der Waals surface area (Å²) in [4.78, 5) is 12.1.